The van der Waals surface area contributed by atoms with Crippen molar-refractivity contribution in [3.05, 3.63) is 52.3 Å². The quantitative estimate of drug-likeness (QED) is 0.823. The van der Waals surface area contributed by atoms with E-state index in [1.807, 2.05) is 11.9 Å². The summed E-state index contributed by atoms with van der Waals surface area (Å²) in [5.74, 6) is 0.0949. The predicted octanol–water partition coefficient (Wildman–Crippen LogP) is 3.52. The normalized spacial score (nSPS) is 22.2. The Morgan fingerprint density at radius 2 is 2.23 bits per heavy atom. The third-order valence-electron chi connectivity index (χ3n) is 5.45. The van der Waals surface area contributed by atoms with E-state index >= 15 is 0 Å². The van der Waals surface area contributed by atoms with Gasteiger partial charge in [0.15, 0.2) is 0 Å². The number of halogens is 1. The zero-order valence-corrected chi connectivity index (χ0v) is 15.8. The Labute approximate surface area is 158 Å². The lowest BCUT2D eigenvalue weighted by molar-refractivity contribution is -0.139. The van der Waals surface area contributed by atoms with E-state index in [0.29, 0.717) is 24.8 Å². The lowest BCUT2D eigenvalue weighted by atomic mass is 9.86. The molecule has 1 aliphatic heterocycles. The molecule has 0 unspecified atom stereocenters. The van der Waals surface area contributed by atoms with Gasteiger partial charge >= 0.3 is 0 Å². The fraction of sp³-hybridized carbons (Fsp3) is 0.500. The van der Waals surface area contributed by atoms with Crippen molar-refractivity contribution < 1.29 is 9.53 Å². The largest absolute Gasteiger partial charge is 0.381 e. The SMILES string of the molecule is Cn1cc(Cl)c(CN(C(=O)[C@@H]2CCOC2)[C@@H]2CCCc3ccccc32)n1. The summed E-state index contributed by atoms with van der Waals surface area (Å²) >= 11 is 6.35. The van der Waals surface area contributed by atoms with E-state index in [0.717, 1.165) is 31.4 Å². The molecule has 1 fully saturated rings. The van der Waals surface area contributed by atoms with Crippen LogP contribution in [0, 0.1) is 5.92 Å². The number of aromatic nitrogens is 2. The predicted molar refractivity (Wildman–Crippen MR) is 99.8 cm³/mol. The number of amides is 1. The smallest absolute Gasteiger partial charge is 0.228 e. The lowest BCUT2D eigenvalue weighted by Crippen LogP contribution is -2.40. The molecule has 2 aromatic rings. The summed E-state index contributed by atoms with van der Waals surface area (Å²) < 4.78 is 7.17. The summed E-state index contributed by atoms with van der Waals surface area (Å²) in [7, 11) is 1.85. The molecule has 0 saturated carbocycles. The second-order valence-corrected chi connectivity index (χ2v) is 7.64. The van der Waals surface area contributed by atoms with Crippen LogP contribution in [-0.2, 0) is 29.5 Å². The van der Waals surface area contributed by atoms with Crippen LogP contribution in [0.25, 0.3) is 0 Å². The Hall–Kier alpha value is -1.85. The van der Waals surface area contributed by atoms with Gasteiger partial charge in [-0.1, -0.05) is 35.9 Å². The Morgan fingerprint density at radius 1 is 1.38 bits per heavy atom. The molecule has 0 radical (unpaired) electrons. The molecule has 0 spiro atoms. The standard InChI is InChI=1S/C20H24ClN3O2/c1-23-11-17(21)18(22-23)12-24(20(25)15-9-10-26-13-15)19-8-4-6-14-5-2-3-7-16(14)19/h2-3,5,7,11,15,19H,4,6,8-10,12-13H2,1H3/t15-,19-/m1/s1. The van der Waals surface area contributed by atoms with Gasteiger partial charge in [0.1, 0.15) is 5.69 Å². The molecule has 1 amide bonds. The van der Waals surface area contributed by atoms with E-state index in [4.69, 9.17) is 16.3 Å². The first-order valence-corrected chi connectivity index (χ1v) is 9.65. The van der Waals surface area contributed by atoms with E-state index in [2.05, 4.69) is 29.4 Å². The van der Waals surface area contributed by atoms with Crippen LogP contribution in [0.15, 0.2) is 30.5 Å². The molecule has 5 nitrogen and oxygen atoms in total. The molecule has 1 aromatic heterocycles. The highest BCUT2D eigenvalue weighted by molar-refractivity contribution is 6.31. The molecule has 0 bridgehead atoms. The number of ether oxygens (including phenoxy) is 1. The minimum Gasteiger partial charge on any atom is -0.381 e. The second kappa shape index (κ2) is 7.41. The fourth-order valence-electron chi connectivity index (χ4n) is 4.13. The summed E-state index contributed by atoms with van der Waals surface area (Å²) in [6.45, 7) is 1.61. The van der Waals surface area contributed by atoms with Crippen LogP contribution in [0.2, 0.25) is 5.02 Å². The minimum absolute atomic E-state index is 0.0634. The van der Waals surface area contributed by atoms with Crippen molar-refractivity contribution in [2.45, 2.75) is 38.3 Å². The molecule has 1 aliphatic carbocycles. The van der Waals surface area contributed by atoms with Crippen LogP contribution >= 0.6 is 11.6 Å². The summed E-state index contributed by atoms with van der Waals surface area (Å²) in [6, 6.07) is 8.55. The first-order chi connectivity index (χ1) is 12.6. The summed E-state index contributed by atoms with van der Waals surface area (Å²) in [5, 5.41) is 5.08. The number of hydrogen-bond donors (Lipinski definition) is 0. The molecule has 2 atom stereocenters. The summed E-state index contributed by atoms with van der Waals surface area (Å²) in [5.41, 5.74) is 3.36. The molecule has 6 heteroatoms. The first kappa shape index (κ1) is 17.6. The first-order valence-electron chi connectivity index (χ1n) is 9.27. The Balaban J connectivity index is 1.68. The van der Waals surface area contributed by atoms with Crippen molar-refractivity contribution in [1.82, 2.24) is 14.7 Å². The highest BCUT2D eigenvalue weighted by atomic mass is 35.5. The van der Waals surface area contributed by atoms with Crippen molar-refractivity contribution in [3.8, 4) is 0 Å². The van der Waals surface area contributed by atoms with Crippen LogP contribution in [-0.4, -0.2) is 33.8 Å². The maximum Gasteiger partial charge on any atom is 0.228 e. The number of carbonyl (C=O) groups excluding carboxylic acids is 1. The molecule has 138 valence electrons. The number of hydrogen-bond acceptors (Lipinski definition) is 3. The molecule has 4 rings (SSSR count). The van der Waals surface area contributed by atoms with Gasteiger partial charge in [0.05, 0.1) is 30.1 Å². The van der Waals surface area contributed by atoms with Gasteiger partial charge in [0.2, 0.25) is 5.91 Å². The fourth-order valence-corrected chi connectivity index (χ4v) is 4.37. The lowest BCUT2D eigenvalue weighted by Gasteiger charge is -2.37. The zero-order valence-electron chi connectivity index (χ0n) is 15.0. The van der Waals surface area contributed by atoms with Crippen molar-refractivity contribution in [2.75, 3.05) is 13.2 Å². The number of nitrogens with zero attached hydrogens (tertiary/aromatic N) is 3. The monoisotopic (exact) mass is 373 g/mol. The summed E-state index contributed by atoms with van der Waals surface area (Å²) in [4.78, 5) is 15.3. The van der Waals surface area contributed by atoms with Gasteiger partial charge in [-0.3, -0.25) is 9.48 Å². The molecule has 2 heterocycles. The van der Waals surface area contributed by atoms with E-state index < -0.39 is 0 Å². The highest BCUT2D eigenvalue weighted by Crippen LogP contribution is 2.37. The van der Waals surface area contributed by atoms with Crippen LogP contribution in [0.1, 0.15) is 42.1 Å². The van der Waals surface area contributed by atoms with Gasteiger partial charge in [-0.2, -0.15) is 5.10 Å². The second-order valence-electron chi connectivity index (χ2n) is 7.23. The van der Waals surface area contributed by atoms with Crippen LogP contribution < -0.4 is 0 Å². The molecule has 1 aromatic carbocycles. The molecule has 26 heavy (non-hydrogen) atoms. The van der Waals surface area contributed by atoms with Crippen LogP contribution in [0.4, 0.5) is 0 Å². The van der Waals surface area contributed by atoms with Gasteiger partial charge < -0.3 is 9.64 Å². The Bertz CT molecular complexity index is 798. The summed E-state index contributed by atoms with van der Waals surface area (Å²) in [6.07, 6.45) is 5.71. The number of fused-ring (bicyclic) bond motifs is 1. The van der Waals surface area contributed by atoms with E-state index in [1.54, 1.807) is 10.9 Å². The van der Waals surface area contributed by atoms with Gasteiger partial charge in [0.25, 0.3) is 0 Å². The maximum absolute atomic E-state index is 13.3. The molecular formula is C20H24ClN3O2. The van der Waals surface area contributed by atoms with E-state index in [9.17, 15) is 4.79 Å². The van der Waals surface area contributed by atoms with Gasteiger partial charge in [0, 0.05) is 19.9 Å². The van der Waals surface area contributed by atoms with Crippen molar-refractivity contribution in [1.29, 1.82) is 0 Å². The van der Waals surface area contributed by atoms with E-state index in [1.165, 1.54) is 11.1 Å². The average Bonchev–Trinajstić information content (AvgIpc) is 3.28. The number of carbonyl (C=O) groups is 1. The van der Waals surface area contributed by atoms with Crippen molar-refractivity contribution in [2.24, 2.45) is 13.0 Å². The number of aryl methyl sites for hydroxylation is 2. The van der Waals surface area contributed by atoms with Crippen molar-refractivity contribution >= 4 is 17.5 Å². The van der Waals surface area contributed by atoms with Crippen LogP contribution in [0.5, 0.6) is 0 Å². The molecule has 0 N–H and O–H groups in total. The Morgan fingerprint density at radius 3 is 2.96 bits per heavy atom. The number of benzene rings is 1. The van der Waals surface area contributed by atoms with Crippen LogP contribution in [0.3, 0.4) is 0 Å². The number of rotatable bonds is 4. The third-order valence-corrected chi connectivity index (χ3v) is 5.77. The molecular weight excluding hydrogens is 350 g/mol. The molecule has 1 saturated heterocycles. The minimum atomic E-state index is -0.0634. The van der Waals surface area contributed by atoms with Gasteiger partial charge in [-0.25, -0.2) is 0 Å². The highest BCUT2D eigenvalue weighted by Gasteiger charge is 2.35. The topological polar surface area (TPSA) is 47.4 Å². The average molecular weight is 374 g/mol. The zero-order chi connectivity index (χ0) is 18.1. The Kier molecular flexibility index (Phi) is 5.00. The maximum atomic E-state index is 13.3. The molecule has 2 aliphatic rings. The van der Waals surface area contributed by atoms with Gasteiger partial charge in [-0.15, -0.1) is 0 Å². The van der Waals surface area contributed by atoms with E-state index in [-0.39, 0.29) is 17.9 Å². The van der Waals surface area contributed by atoms with Crippen molar-refractivity contribution in [3.63, 3.8) is 0 Å². The third kappa shape index (κ3) is 3.38. The van der Waals surface area contributed by atoms with Gasteiger partial charge in [-0.05, 0) is 36.8 Å².